The van der Waals surface area contributed by atoms with Crippen LogP contribution in [0.5, 0.6) is 5.75 Å². The molecule has 5 atom stereocenters. The number of H-pyrrole nitrogens is 2. The molecular weight excluding hydrogens is 854 g/mol. The van der Waals surface area contributed by atoms with E-state index in [4.69, 9.17) is 19.2 Å². The molecule has 4 aromatic heterocycles. The van der Waals surface area contributed by atoms with Gasteiger partial charge in [0.1, 0.15) is 35.3 Å². The van der Waals surface area contributed by atoms with Gasteiger partial charge in [0.25, 0.3) is 0 Å². The van der Waals surface area contributed by atoms with Crippen molar-refractivity contribution in [1.29, 1.82) is 0 Å². The van der Waals surface area contributed by atoms with Gasteiger partial charge in [0, 0.05) is 47.6 Å². The van der Waals surface area contributed by atoms with E-state index in [1.165, 1.54) is 20.3 Å². The van der Waals surface area contributed by atoms with Gasteiger partial charge in [0.05, 0.1) is 60.8 Å². The number of imidazole rings is 2. The molecule has 3 aliphatic heterocycles. The smallest absolute Gasteiger partial charge is 0.407 e. The number of nitrogens with one attached hydrogen (secondary N) is 4. The third kappa shape index (κ3) is 8.19. The summed E-state index contributed by atoms with van der Waals surface area (Å²) in [6, 6.07) is 11.6. The number of methoxy groups -OCH3 is 2. The highest BCUT2D eigenvalue weighted by Crippen LogP contribution is 2.48. The summed E-state index contributed by atoms with van der Waals surface area (Å²) in [6.07, 6.45) is 3.78. The molecule has 0 spiro atoms. The molecule has 18 heteroatoms. The van der Waals surface area contributed by atoms with Gasteiger partial charge in [0.15, 0.2) is 0 Å². The number of nitrogens with zero attached hydrogens (tertiary/aromatic N) is 5. The quantitative estimate of drug-likeness (QED) is 0.1000. The molecule has 340 valence electrons. The summed E-state index contributed by atoms with van der Waals surface area (Å²) in [6.45, 7) is 9.00. The lowest BCUT2D eigenvalue weighted by Crippen LogP contribution is -2.51. The molecule has 6 aromatic rings. The largest absolute Gasteiger partial charge is 0.465 e. The van der Waals surface area contributed by atoms with Gasteiger partial charge in [-0.05, 0) is 78.3 Å². The number of halogens is 1. The normalized spacial score (nSPS) is 18.9. The summed E-state index contributed by atoms with van der Waals surface area (Å²) in [5, 5.41) is 10.3. The van der Waals surface area contributed by atoms with E-state index in [-0.39, 0.29) is 35.6 Å². The van der Waals surface area contributed by atoms with Crippen LogP contribution in [0.2, 0.25) is 0 Å². The van der Waals surface area contributed by atoms with E-state index in [9.17, 15) is 19.2 Å². The molecule has 0 bridgehead atoms. The fraction of sp³-hybridized carbons (Fsp3) is 0.404. The van der Waals surface area contributed by atoms with Crippen molar-refractivity contribution in [3.63, 3.8) is 0 Å². The maximum absolute atomic E-state index is 16.7. The van der Waals surface area contributed by atoms with Gasteiger partial charge in [-0.25, -0.2) is 23.9 Å². The molecule has 7 heterocycles. The Balaban J connectivity index is 0.983. The third-order valence-corrected chi connectivity index (χ3v) is 13.5. The van der Waals surface area contributed by atoms with Crippen LogP contribution in [0.3, 0.4) is 0 Å². The van der Waals surface area contributed by atoms with Crippen LogP contribution in [0.25, 0.3) is 44.7 Å². The standard InChI is InChI=1S/C47H52FN9O7S/c1-24(2)39(53-46(60)62-5)43(58)55-14-11-27(22-55)41-49-21-33(51-41)29-17-31(48)38-36-18-30-16-26(9-10-34(30)57(36)45(64-37(38)19-29)28-12-15-65-23-28)32-20-50-42(52-32)35-8-7-13-56(35)44(59)40(25(3)4)54-47(61)63-6/h9-10,12,15-21,23-25,27,35,39-40,45H,7-8,11,13-14,22H2,1-6H3,(H,49,51)(H,50,52)(H,53,60)(H,54,61)/t27-,35+,39+,40+,45?/m1/s1. The van der Waals surface area contributed by atoms with E-state index in [2.05, 4.69) is 25.6 Å². The summed E-state index contributed by atoms with van der Waals surface area (Å²) >= 11 is 1.55. The van der Waals surface area contributed by atoms with E-state index in [1.54, 1.807) is 33.5 Å². The average molecular weight is 906 g/mol. The van der Waals surface area contributed by atoms with Crippen LogP contribution in [-0.2, 0) is 19.1 Å². The molecule has 3 aliphatic rings. The van der Waals surface area contributed by atoms with Crippen molar-refractivity contribution < 1.29 is 37.8 Å². The maximum atomic E-state index is 16.7. The molecule has 2 fully saturated rings. The minimum Gasteiger partial charge on any atom is -0.465 e. The minimum absolute atomic E-state index is 0.0739. The highest BCUT2D eigenvalue weighted by molar-refractivity contribution is 7.08. The molecule has 9 rings (SSSR count). The van der Waals surface area contributed by atoms with E-state index in [0.29, 0.717) is 66.0 Å². The van der Waals surface area contributed by atoms with Crippen LogP contribution in [-0.4, -0.2) is 104 Å². The second-order valence-corrected chi connectivity index (χ2v) is 18.4. The Morgan fingerprint density at radius 1 is 0.846 bits per heavy atom. The Morgan fingerprint density at radius 3 is 2.23 bits per heavy atom. The van der Waals surface area contributed by atoms with E-state index >= 15 is 4.39 Å². The zero-order valence-electron chi connectivity index (χ0n) is 37.0. The Kier molecular flexibility index (Phi) is 11.9. The first-order chi connectivity index (χ1) is 31.3. The van der Waals surface area contributed by atoms with Crippen molar-refractivity contribution in [3.8, 4) is 39.5 Å². The molecule has 16 nitrogen and oxygen atoms in total. The molecule has 4 amide bonds. The molecule has 0 aliphatic carbocycles. The van der Waals surface area contributed by atoms with Crippen molar-refractivity contribution in [3.05, 3.63) is 88.6 Å². The lowest BCUT2D eigenvalue weighted by atomic mass is 10.0. The Bertz CT molecular complexity index is 2760. The number of carbonyl (C=O) groups excluding carboxylic acids is 4. The van der Waals surface area contributed by atoms with Gasteiger partial charge in [-0.15, -0.1) is 0 Å². The van der Waals surface area contributed by atoms with Gasteiger partial charge < -0.3 is 49.2 Å². The van der Waals surface area contributed by atoms with Crippen LogP contribution in [0.1, 0.15) is 82.4 Å². The number of ether oxygens (including phenoxy) is 3. The van der Waals surface area contributed by atoms with E-state index in [0.717, 1.165) is 40.6 Å². The van der Waals surface area contributed by atoms with Crippen LogP contribution in [0.15, 0.2) is 65.6 Å². The molecular formula is C47H52FN9O7S. The number of carbonyl (C=O) groups is 4. The van der Waals surface area contributed by atoms with E-state index in [1.807, 2.05) is 79.4 Å². The lowest BCUT2D eigenvalue weighted by molar-refractivity contribution is -0.135. The monoisotopic (exact) mass is 905 g/mol. The Morgan fingerprint density at radius 2 is 1.54 bits per heavy atom. The molecule has 0 radical (unpaired) electrons. The fourth-order valence-corrected chi connectivity index (χ4v) is 10.0. The Hall–Kier alpha value is -6.69. The van der Waals surface area contributed by atoms with Crippen molar-refractivity contribution in [2.24, 2.45) is 11.8 Å². The number of likely N-dealkylation sites (tertiary alicyclic amines) is 2. The summed E-state index contributed by atoms with van der Waals surface area (Å²) in [4.78, 5) is 71.0. The van der Waals surface area contributed by atoms with Gasteiger partial charge in [-0.3, -0.25) is 9.59 Å². The second-order valence-electron chi connectivity index (χ2n) is 17.6. The fourth-order valence-electron chi connectivity index (χ4n) is 9.35. The number of aromatic nitrogens is 5. The van der Waals surface area contributed by atoms with Crippen LogP contribution in [0.4, 0.5) is 14.0 Å². The van der Waals surface area contributed by atoms with Gasteiger partial charge >= 0.3 is 12.2 Å². The van der Waals surface area contributed by atoms with Crippen molar-refractivity contribution in [2.75, 3.05) is 33.9 Å². The molecule has 2 saturated heterocycles. The van der Waals surface area contributed by atoms with Crippen molar-refractivity contribution in [2.45, 2.75) is 77.2 Å². The second kappa shape index (κ2) is 17.7. The third-order valence-electron chi connectivity index (χ3n) is 12.8. The zero-order chi connectivity index (χ0) is 45.7. The number of benzene rings is 2. The summed E-state index contributed by atoms with van der Waals surface area (Å²) in [7, 11) is 2.55. The molecule has 1 unspecified atom stereocenters. The topological polar surface area (TPSA) is 189 Å². The molecule has 2 aromatic carbocycles. The number of thiophene rings is 1. The van der Waals surface area contributed by atoms with Gasteiger partial charge in [0.2, 0.25) is 18.0 Å². The minimum atomic E-state index is -0.737. The predicted molar refractivity (Wildman–Crippen MR) is 242 cm³/mol. The Labute approximate surface area is 378 Å². The van der Waals surface area contributed by atoms with Gasteiger partial charge in [-0.1, -0.05) is 33.8 Å². The summed E-state index contributed by atoms with van der Waals surface area (Å²) in [5.74, 6) is 0.587. The maximum Gasteiger partial charge on any atom is 0.407 e. The number of rotatable bonds is 11. The predicted octanol–water partition coefficient (Wildman–Crippen LogP) is 7.97. The number of hydrogen-bond donors (Lipinski definition) is 4. The highest BCUT2D eigenvalue weighted by Gasteiger charge is 2.39. The number of fused-ring (bicyclic) bond motifs is 5. The van der Waals surface area contributed by atoms with E-state index < -0.39 is 36.3 Å². The van der Waals surface area contributed by atoms with Crippen molar-refractivity contribution in [1.82, 2.24) is 44.9 Å². The first-order valence-corrected chi connectivity index (χ1v) is 22.8. The molecule has 4 N–H and O–H groups in total. The number of alkyl carbamates (subject to hydrolysis) is 2. The first kappa shape index (κ1) is 43.6. The number of hydrogen-bond acceptors (Lipinski definition) is 10. The summed E-state index contributed by atoms with van der Waals surface area (Å²) in [5.41, 5.74) is 5.64. The SMILES string of the molecule is COC(=O)N[C@H](C(=O)N1CC[C@@H](c2ncc(-c3cc(F)c4c(c3)OC(c3ccsc3)n3c-4cc4cc(-c5cnc([C@@H]6CCCN6C(=O)[C@@H](NC(=O)OC)C(C)C)[nH]5)ccc43)[nH]2)C1)C(C)C. The first-order valence-electron chi connectivity index (χ1n) is 21.9. The van der Waals surface area contributed by atoms with Gasteiger partial charge in [-0.2, -0.15) is 11.3 Å². The number of amides is 4. The highest BCUT2D eigenvalue weighted by atomic mass is 32.1. The zero-order valence-corrected chi connectivity index (χ0v) is 37.8. The molecule has 0 saturated carbocycles. The van der Waals surface area contributed by atoms with Crippen LogP contribution in [0, 0.1) is 17.7 Å². The van der Waals surface area contributed by atoms with Crippen LogP contribution < -0.4 is 15.4 Å². The van der Waals surface area contributed by atoms with Crippen LogP contribution >= 0.6 is 11.3 Å². The lowest BCUT2D eigenvalue weighted by Gasteiger charge is -2.30. The van der Waals surface area contributed by atoms with Crippen molar-refractivity contribution >= 4 is 46.2 Å². The summed E-state index contributed by atoms with van der Waals surface area (Å²) < 4.78 is 35.0. The number of aromatic amines is 2. The average Bonchev–Trinajstić information content (AvgIpc) is 4.15. The molecule has 65 heavy (non-hydrogen) atoms.